The molecule has 2 aromatic rings. The van der Waals surface area contributed by atoms with Crippen LogP contribution in [0.5, 0.6) is 11.5 Å². The van der Waals surface area contributed by atoms with Gasteiger partial charge in [0.15, 0.2) is 11.5 Å². The molecular formula is C22H28N2O3. The summed E-state index contributed by atoms with van der Waals surface area (Å²) in [6.07, 6.45) is 0.894. The van der Waals surface area contributed by atoms with Crippen molar-refractivity contribution in [2.75, 3.05) is 32.6 Å². The molecule has 0 saturated heterocycles. The topological polar surface area (TPSA) is 50.8 Å². The van der Waals surface area contributed by atoms with E-state index in [1.807, 2.05) is 30.3 Å². The molecule has 5 heteroatoms. The fourth-order valence-electron chi connectivity index (χ4n) is 3.58. The van der Waals surface area contributed by atoms with E-state index in [0.717, 1.165) is 42.3 Å². The lowest BCUT2D eigenvalue weighted by Crippen LogP contribution is -2.37. The van der Waals surface area contributed by atoms with E-state index >= 15 is 0 Å². The first-order valence-electron chi connectivity index (χ1n) is 9.36. The Kier molecular flexibility index (Phi) is 6.01. The number of nitrogens with one attached hydrogen (secondary N) is 1. The van der Waals surface area contributed by atoms with Crippen LogP contribution in [0.4, 0.5) is 5.69 Å². The maximum absolute atomic E-state index is 12.6. The van der Waals surface area contributed by atoms with Crippen molar-refractivity contribution in [2.24, 2.45) is 0 Å². The van der Waals surface area contributed by atoms with E-state index in [0.29, 0.717) is 12.5 Å². The third-order valence-corrected chi connectivity index (χ3v) is 5.02. The average Bonchev–Trinajstić information content (AvgIpc) is 2.66. The van der Waals surface area contributed by atoms with Crippen LogP contribution in [0, 0.1) is 0 Å². The molecule has 5 nitrogen and oxygen atoms in total. The lowest BCUT2D eigenvalue weighted by molar-refractivity contribution is -0.117. The predicted octanol–water partition coefficient (Wildman–Crippen LogP) is 3.82. The first kappa shape index (κ1) is 19.2. The molecule has 3 rings (SSSR count). The Hall–Kier alpha value is -2.53. The monoisotopic (exact) mass is 368 g/mol. The van der Waals surface area contributed by atoms with E-state index in [1.54, 1.807) is 14.2 Å². The molecule has 1 aliphatic rings. The summed E-state index contributed by atoms with van der Waals surface area (Å²) in [6, 6.07) is 12.1. The molecule has 1 heterocycles. The van der Waals surface area contributed by atoms with Gasteiger partial charge in [0.05, 0.1) is 20.8 Å². The van der Waals surface area contributed by atoms with E-state index in [9.17, 15) is 4.79 Å². The van der Waals surface area contributed by atoms with E-state index < -0.39 is 0 Å². The van der Waals surface area contributed by atoms with Crippen LogP contribution in [0.15, 0.2) is 36.4 Å². The van der Waals surface area contributed by atoms with Gasteiger partial charge in [-0.05, 0) is 47.2 Å². The fourth-order valence-corrected chi connectivity index (χ4v) is 3.58. The molecule has 2 aromatic carbocycles. The van der Waals surface area contributed by atoms with Crippen LogP contribution >= 0.6 is 0 Å². The second-order valence-corrected chi connectivity index (χ2v) is 7.23. The highest BCUT2D eigenvalue weighted by Crippen LogP contribution is 2.33. The van der Waals surface area contributed by atoms with Crippen molar-refractivity contribution in [3.63, 3.8) is 0 Å². The molecule has 0 spiro atoms. The van der Waals surface area contributed by atoms with Gasteiger partial charge in [-0.1, -0.05) is 32.0 Å². The van der Waals surface area contributed by atoms with Gasteiger partial charge in [0.2, 0.25) is 5.91 Å². The van der Waals surface area contributed by atoms with Gasteiger partial charge >= 0.3 is 0 Å². The summed E-state index contributed by atoms with van der Waals surface area (Å²) in [5.41, 5.74) is 4.51. The maximum atomic E-state index is 12.6. The Morgan fingerprint density at radius 1 is 1.11 bits per heavy atom. The quantitative estimate of drug-likeness (QED) is 0.842. The van der Waals surface area contributed by atoms with E-state index in [1.165, 1.54) is 11.1 Å². The van der Waals surface area contributed by atoms with Crippen molar-refractivity contribution in [3.05, 3.63) is 53.1 Å². The summed E-state index contributed by atoms with van der Waals surface area (Å²) in [4.78, 5) is 14.8. The van der Waals surface area contributed by atoms with Crippen molar-refractivity contribution in [1.29, 1.82) is 0 Å². The van der Waals surface area contributed by atoms with Gasteiger partial charge in [-0.25, -0.2) is 0 Å². The number of rotatable bonds is 6. The van der Waals surface area contributed by atoms with Crippen LogP contribution in [0.3, 0.4) is 0 Å². The molecular weight excluding hydrogens is 340 g/mol. The van der Waals surface area contributed by atoms with Crippen LogP contribution < -0.4 is 14.8 Å². The molecule has 0 bridgehead atoms. The number of para-hydroxylation sites is 1. The van der Waals surface area contributed by atoms with Crippen molar-refractivity contribution < 1.29 is 14.3 Å². The Morgan fingerprint density at radius 3 is 2.44 bits per heavy atom. The second kappa shape index (κ2) is 8.44. The Balaban J connectivity index is 1.67. The summed E-state index contributed by atoms with van der Waals surface area (Å²) in [7, 11) is 3.29. The molecule has 1 N–H and O–H groups in total. The van der Waals surface area contributed by atoms with Crippen molar-refractivity contribution >= 4 is 11.6 Å². The zero-order chi connectivity index (χ0) is 19.4. The first-order chi connectivity index (χ1) is 13.0. The van der Waals surface area contributed by atoms with Crippen LogP contribution in [0.25, 0.3) is 0 Å². The summed E-state index contributed by atoms with van der Waals surface area (Å²) in [6.45, 7) is 6.22. The minimum Gasteiger partial charge on any atom is -0.493 e. The van der Waals surface area contributed by atoms with E-state index in [-0.39, 0.29) is 5.91 Å². The highest BCUT2D eigenvalue weighted by molar-refractivity contribution is 5.93. The zero-order valence-electron chi connectivity index (χ0n) is 16.5. The van der Waals surface area contributed by atoms with Crippen LogP contribution in [-0.4, -0.2) is 38.1 Å². The van der Waals surface area contributed by atoms with Crippen molar-refractivity contribution in [1.82, 2.24) is 4.90 Å². The zero-order valence-corrected chi connectivity index (χ0v) is 16.5. The van der Waals surface area contributed by atoms with E-state index in [4.69, 9.17) is 9.47 Å². The Bertz CT molecular complexity index is 817. The third-order valence-electron chi connectivity index (χ3n) is 5.02. The van der Waals surface area contributed by atoms with Crippen molar-refractivity contribution in [3.8, 4) is 11.5 Å². The minimum atomic E-state index is 0.0204. The molecule has 0 atom stereocenters. The average molecular weight is 368 g/mol. The molecule has 1 amide bonds. The van der Waals surface area contributed by atoms with E-state index in [2.05, 4.69) is 30.1 Å². The smallest absolute Gasteiger partial charge is 0.238 e. The molecule has 144 valence electrons. The summed E-state index contributed by atoms with van der Waals surface area (Å²) in [5.74, 6) is 1.87. The number of carbonyl (C=O) groups excluding carboxylic acids is 1. The van der Waals surface area contributed by atoms with Gasteiger partial charge in [-0.2, -0.15) is 0 Å². The number of hydrogen-bond donors (Lipinski definition) is 1. The Morgan fingerprint density at radius 2 is 1.78 bits per heavy atom. The highest BCUT2D eigenvalue weighted by Gasteiger charge is 2.21. The lowest BCUT2D eigenvalue weighted by atomic mass is 9.98. The van der Waals surface area contributed by atoms with Gasteiger partial charge in [0.1, 0.15) is 0 Å². The molecule has 0 radical (unpaired) electrons. The number of ether oxygens (including phenoxy) is 2. The number of anilines is 1. The SMILES string of the molecule is COc1cc2c(cc1OC)CN(CC(=O)Nc1ccccc1C(C)C)CC2. The van der Waals surface area contributed by atoms with Crippen LogP contribution in [0.1, 0.15) is 36.5 Å². The number of fused-ring (bicyclic) bond motifs is 1. The van der Waals surface area contributed by atoms with Gasteiger partial charge in [0.25, 0.3) is 0 Å². The van der Waals surface area contributed by atoms with Crippen LogP contribution in [-0.2, 0) is 17.8 Å². The molecule has 0 saturated carbocycles. The van der Waals surface area contributed by atoms with Gasteiger partial charge in [0, 0.05) is 18.8 Å². The fraction of sp³-hybridized carbons (Fsp3) is 0.409. The molecule has 0 aromatic heterocycles. The third kappa shape index (κ3) is 4.42. The molecule has 1 aliphatic heterocycles. The van der Waals surface area contributed by atoms with Gasteiger partial charge in [-0.15, -0.1) is 0 Å². The number of carbonyl (C=O) groups is 1. The minimum absolute atomic E-state index is 0.0204. The van der Waals surface area contributed by atoms with Gasteiger partial charge in [-0.3, -0.25) is 9.69 Å². The van der Waals surface area contributed by atoms with Crippen molar-refractivity contribution in [2.45, 2.75) is 32.7 Å². The molecule has 0 fully saturated rings. The van der Waals surface area contributed by atoms with Crippen LogP contribution in [0.2, 0.25) is 0 Å². The summed E-state index contributed by atoms with van der Waals surface area (Å²) >= 11 is 0. The number of methoxy groups -OCH3 is 2. The number of benzene rings is 2. The number of hydrogen-bond acceptors (Lipinski definition) is 4. The van der Waals surface area contributed by atoms with Gasteiger partial charge < -0.3 is 14.8 Å². The highest BCUT2D eigenvalue weighted by atomic mass is 16.5. The normalized spacial score (nSPS) is 14.0. The standard InChI is InChI=1S/C22H28N2O3/c1-15(2)18-7-5-6-8-19(18)23-22(25)14-24-10-9-16-11-20(26-3)21(27-4)12-17(16)13-24/h5-8,11-12,15H,9-10,13-14H2,1-4H3,(H,23,25). The first-order valence-corrected chi connectivity index (χ1v) is 9.36. The number of nitrogens with zero attached hydrogens (tertiary/aromatic N) is 1. The Labute approximate surface area is 161 Å². The molecule has 0 unspecified atom stereocenters. The predicted molar refractivity (Wildman–Crippen MR) is 108 cm³/mol. The summed E-state index contributed by atoms with van der Waals surface area (Å²) in [5, 5.41) is 3.08. The maximum Gasteiger partial charge on any atom is 0.238 e. The number of amides is 1. The second-order valence-electron chi connectivity index (χ2n) is 7.23. The molecule has 0 aliphatic carbocycles. The largest absolute Gasteiger partial charge is 0.493 e. The summed E-state index contributed by atoms with van der Waals surface area (Å²) < 4.78 is 10.8. The molecule has 27 heavy (non-hydrogen) atoms. The lowest BCUT2D eigenvalue weighted by Gasteiger charge is -2.29.